The number of halogens is 1. The van der Waals surface area contributed by atoms with Crippen molar-refractivity contribution in [2.75, 3.05) is 5.75 Å². The van der Waals surface area contributed by atoms with Gasteiger partial charge in [0.15, 0.2) is 0 Å². The first-order chi connectivity index (χ1) is 13.2. The summed E-state index contributed by atoms with van der Waals surface area (Å²) in [5, 5.41) is 9.44. The van der Waals surface area contributed by atoms with Gasteiger partial charge in [0, 0.05) is 0 Å². The highest BCUT2D eigenvalue weighted by molar-refractivity contribution is 7.99. The van der Waals surface area contributed by atoms with E-state index >= 15 is 0 Å². The number of fused-ring (bicyclic) bond motifs is 1. The molecule has 2 aromatic carbocycles. The number of para-hydroxylation sites is 1. The molecule has 0 saturated carbocycles. The average molecular weight is 418 g/mol. The number of thioether (sulfide) groups is 1. The summed E-state index contributed by atoms with van der Waals surface area (Å²) in [6.07, 6.45) is 0. The molecule has 2 aromatic heterocycles. The molecule has 0 aliphatic carbocycles. The van der Waals surface area contributed by atoms with Gasteiger partial charge in [-0.2, -0.15) is 0 Å². The summed E-state index contributed by atoms with van der Waals surface area (Å²) in [5.74, 6) is -0.00242. The van der Waals surface area contributed by atoms with Crippen LogP contribution in [0.4, 0.5) is 0 Å². The van der Waals surface area contributed by atoms with Crippen molar-refractivity contribution in [1.29, 1.82) is 0 Å². The molecular weight excluding hydrogens is 406 g/mol. The first-order valence-electron chi connectivity index (χ1n) is 7.90. The first kappa shape index (κ1) is 18.0. The molecule has 136 valence electrons. The molecule has 6 nitrogen and oxygen atoms in total. The molecule has 0 saturated heterocycles. The van der Waals surface area contributed by atoms with E-state index in [0.717, 1.165) is 27.0 Å². The lowest BCUT2D eigenvalue weighted by molar-refractivity contribution is -0.141. The molecule has 0 fully saturated rings. The van der Waals surface area contributed by atoms with E-state index in [2.05, 4.69) is 15.2 Å². The zero-order chi connectivity index (χ0) is 18.6. The highest BCUT2D eigenvalue weighted by Crippen LogP contribution is 2.28. The van der Waals surface area contributed by atoms with Gasteiger partial charge in [0.25, 0.3) is 5.22 Å². The highest BCUT2D eigenvalue weighted by Gasteiger charge is 2.14. The molecule has 0 aliphatic heterocycles. The SMILES string of the molecule is O=C(CSc1nnc(-c2ccccc2Cl)o1)OCc1nc2ccccc2s1. The molecule has 0 amide bonds. The Balaban J connectivity index is 1.31. The minimum Gasteiger partial charge on any atom is -0.458 e. The number of rotatable bonds is 6. The van der Waals surface area contributed by atoms with Gasteiger partial charge in [0.2, 0.25) is 5.89 Å². The van der Waals surface area contributed by atoms with Gasteiger partial charge >= 0.3 is 5.97 Å². The molecule has 0 radical (unpaired) electrons. The summed E-state index contributed by atoms with van der Waals surface area (Å²) in [6, 6.07) is 15.0. The lowest BCUT2D eigenvalue weighted by atomic mass is 10.2. The van der Waals surface area contributed by atoms with Crippen molar-refractivity contribution in [1.82, 2.24) is 15.2 Å². The van der Waals surface area contributed by atoms with E-state index in [1.807, 2.05) is 36.4 Å². The first-order valence-corrected chi connectivity index (χ1v) is 10.1. The van der Waals surface area contributed by atoms with Crippen molar-refractivity contribution in [2.24, 2.45) is 0 Å². The number of carbonyl (C=O) groups is 1. The van der Waals surface area contributed by atoms with E-state index in [1.165, 1.54) is 11.3 Å². The molecule has 9 heteroatoms. The van der Waals surface area contributed by atoms with Crippen LogP contribution < -0.4 is 0 Å². The van der Waals surface area contributed by atoms with E-state index in [0.29, 0.717) is 16.5 Å². The standard InChI is InChI=1S/C18H12ClN3O3S2/c19-12-6-2-1-5-11(12)17-21-22-18(25-17)26-10-16(23)24-9-15-20-13-7-3-4-8-14(13)27-15/h1-8H,9-10H2. The Hall–Kier alpha value is -2.42. The molecule has 0 bridgehead atoms. The summed E-state index contributed by atoms with van der Waals surface area (Å²) in [7, 11) is 0. The van der Waals surface area contributed by atoms with Crippen LogP contribution in [0.3, 0.4) is 0 Å². The molecule has 0 unspecified atom stereocenters. The highest BCUT2D eigenvalue weighted by atomic mass is 35.5. The van der Waals surface area contributed by atoms with Crippen LogP contribution in [0.1, 0.15) is 5.01 Å². The summed E-state index contributed by atoms with van der Waals surface area (Å²) < 4.78 is 11.9. The largest absolute Gasteiger partial charge is 0.458 e. The Morgan fingerprint density at radius 3 is 2.81 bits per heavy atom. The zero-order valence-corrected chi connectivity index (χ0v) is 16.2. The van der Waals surface area contributed by atoms with E-state index in [1.54, 1.807) is 12.1 Å². The Bertz CT molecular complexity index is 1060. The second kappa shape index (κ2) is 8.08. The minimum atomic E-state index is -0.378. The van der Waals surface area contributed by atoms with Gasteiger partial charge in [-0.15, -0.1) is 21.5 Å². The second-order valence-corrected chi connectivity index (χ2v) is 7.83. The number of nitrogens with zero attached hydrogens (tertiary/aromatic N) is 3. The number of hydrogen-bond acceptors (Lipinski definition) is 8. The van der Waals surface area contributed by atoms with Gasteiger partial charge in [-0.1, -0.05) is 47.6 Å². The topological polar surface area (TPSA) is 78.1 Å². The Labute approximate surface area is 167 Å². The van der Waals surface area contributed by atoms with Gasteiger partial charge in [0.05, 0.1) is 20.8 Å². The smallest absolute Gasteiger partial charge is 0.316 e. The third kappa shape index (κ3) is 4.29. The van der Waals surface area contributed by atoms with Gasteiger partial charge in [-0.25, -0.2) is 4.98 Å². The Morgan fingerprint density at radius 2 is 1.96 bits per heavy atom. The molecule has 27 heavy (non-hydrogen) atoms. The number of thiazole rings is 1. The predicted molar refractivity (Wildman–Crippen MR) is 105 cm³/mol. The van der Waals surface area contributed by atoms with Crippen LogP contribution in [0.25, 0.3) is 21.7 Å². The zero-order valence-electron chi connectivity index (χ0n) is 13.8. The monoisotopic (exact) mass is 417 g/mol. The van der Waals surface area contributed by atoms with E-state index in [9.17, 15) is 4.79 Å². The quantitative estimate of drug-likeness (QED) is 0.328. The van der Waals surface area contributed by atoms with Gasteiger partial charge in [0.1, 0.15) is 17.4 Å². The molecular formula is C18H12ClN3O3S2. The predicted octanol–water partition coefficient (Wildman–Crippen LogP) is 4.84. The van der Waals surface area contributed by atoms with Gasteiger partial charge in [-0.3, -0.25) is 4.79 Å². The minimum absolute atomic E-state index is 0.0645. The number of ether oxygens (including phenoxy) is 1. The third-order valence-electron chi connectivity index (χ3n) is 3.52. The fourth-order valence-corrected chi connectivity index (χ4v) is 3.96. The summed E-state index contributed by atoms with van der Waals surface area (Å²) >= 11 is 8.73. The number of benzene rings is 2. The van der Waals surface area contributed by atoms with Gasteiger partial charge < -0.3 is 9.15 Å². The van der Waals surface area contributed by atoms with E-state index in [-0.39, 0.29) is 23.6 Å². The van der Waals surface area contributed by atoms with Crippen LogP contribution in [0.5, 0.6) is 0 Å². The maximum Gasteiger partial charge on any atom is 0.316 e. The Morgan fingerprint density at radius 1 is 1.15 bits per heavy atom. The van der Waals surface area contributed by atoms with Crippen molar-refractivity contribution in [3.8, 4) is 11.5 Å². The number of esters is 1. The van der Waals surface area contributed by atoms with Crippen molar-refractivity contribution >= 4 is 50.9 Å². The molecule has 2 heterocycles. The van der Waals surface area contributed by atoms with Crippen LogP contribution in [0.2, 0.25) is 5.02 Å². The fraction of sp³-hybridized carbons (Fsp3) is 0.111. The lowest BCUT2D eigenvalue weighted by Crippen LogP contribution is -2.07. The molecule has 0 aliphatic rings. The number of carbonyl (C=O) groups excluding carboxylic acids is 1. The van der Waals surface area contributed by atoms with Crippen molar-refractivity contribution in [2.45, 2.75) is 11.8 Å². The lowest BCUT2D eigenvalue weighted by Gasteiger charge is -2.00. The van der Waals surface area contributed by atoms with Crippen LogP contribution in [-0.2, 0) is 16.1 Å². The Kier molecular flexibility index (Phi) is 5.38. The fourth-order valence-electron chi connectivity index (χ4n) is 2.30. The third-order valence-corrected chi connectivity index (χ3v) is 5.65. The summed E-state index contributed by atoms with van der Waals surface area (Å²) in [4.78, 5) is 16.4. The number of hydrogen-bond donors (Lipinski definition) is 0. The summed E-state index contributed by atoms with van der Waals surface area (Å²) in [6.45, 7) is 0.146. The van der Waals surface area contributed by atoms with Crippen LogP contribution in [0.15, 0.2) is 58.2 Å². The van der Waals surface area contributed by atoms with E-state index < -0.39 is 0 Å². The van der Waals surface area contributed by atoms with E-state index in [4.69, 9.17) is 20.8 Å². The molecule has 0 N–H and O–H groups in total. The average Bonchev–Trinajstić information content (AvgIpc) is 3.31. The second-order valence-electron chi connectivity index (χ2n) is 5.38. The van der Waals surface area contributed by atoms with Crippen molar-refractivity contribution in [3.63, 3.8) is 0 Å². The normalized spacial score (nSPS) is 11.0. The number of aromatic nitrogens is 3. The molecule has 0 atom stereocenters. The van der Waals surface area contributed by atoms with Gasteiger partial charge in [-0.05, 0) is 24.3 Å². The molecule has 4 aromatic rings. The maximum absolute atomic E-state index is 12.0. The van der Waals surface area contributed by atoms with Crippen molar-refractivity contribution in [3.05, 3.63) is 58.6 Å². The molecule has 4 rings (SSSR count). The summed E-state index contributed by atoms with van der Waals surface area (Å²) in [5.41, 5.74) is 1.55. The van der Waals surface area contributed by atoms with Crippen LogP contribution >= 0.6 is 34.7 Å². The maximum atomic E-state index is 12.0. The molecule has 0 spiro atoms. The van der Waals surface area contributed by atoms with Crippen LogP contribution in [-0.4, -0.2) is 26.9 Å². The van der Waals surface area contributed by atoms with Crippen LogP contribution in [0, 0.1) is 0 Å². The van der Waals surface area contributed by atoms with Crippen molar-refractivity contribution < 1.29 is 13.9 Å².